The number of piperidine rings is 1. The number of carbonyl (C=O) groups is 1. The number of amides is 1. The lowest BCUT2D eigenvalue weighted by molar-refractivity contribution is 0.0433. The third kappa shape index (κ3) is 5.26. The molecule has 1 aromatic rings. The van der Waals surface area contributed by atoms with Crippen LogP contribution in [0.5, 0.6) is 0 Å². The van der Waals surface area contributed by atoms with E-state index < -0.39 is 0 Å². The van der Waals surface area contributed by atoms with Crippen molar-refractivity contribution in [2.45, 2.75) is 31.8 Å². The average Bonchev–Trinajstić information content (AvgIpc) is 3.34. The Morgan fingerprint density at radius 1 is 1.40 bits per heavy atom. The molecule has 2 aliphatic heterocycles. The molecule has 0 aliphatic carbocycles. The first-order valence-electron chi connectivity index (χ1n) is 9.37. The van der Waals surface area contributed by atoms with Gasteiger partial charge in [-0.2, -0.15) is 0 Å². The minimum absolute atomic E-state index is 0.0369. The molecule has 1 aromatic heterocycles. The van der Waals surface area contributed by atoms with Crippen molar-refractivity contribution in [3.63, 3.8) is 0 Å². The van der Waals surface area contributed by atoms with Gasteiger partial charge in [0.2, 0.25) is 0 Å². The topological polar surface area (TPSA) is 70.7 Å². The highest BCUT2D eigenvalue weighted by atomic mass is 16.5. The molecule has 140 valence electrons. The zero-order valence-electron chi connectivity index (χ0n) is 15.2. The molecule has 0 unspecified atom stereocenters. The highest BCUT2D eigenvalue weighted by Gasteiger charge is 2.28. The first-order valence-corrected chi connectivity index (χ1v) is 9.37. The maximum absolute atomic E-state index is 12.8. The zero-order valence-corrected chi connectivity index (χ0v) is 15.2. The number of H-pyrrole nitrogens is 1. The van der Waals surface area contributed by atoms with Gasteiger partial charge in [-0.05, 0) is 44.7 Å². The van der Waals surface area contributed by atoms with Crippen LogP contribution in [0.25, 0.3) is 0 Å². The Bertz CT molecular complexity index is 508. The van der Waals surface area contributed by atoms with Gasteiger partial charge in [-0.25, -0.2) is 4.98 Å². The van der Waals surface area contributed by atoms with Crippen LogP contribution < -0.4 is 0 Å². The number of aromatic amines is 1. The van der Waals surface area contributed by atoms with E-state index in [1.165, 1.54) is 0 Å². The summed E-state index contributed by atoms with van der Waals surface area (Å²) >= 11 is 0. The molecule has 0 radical (unpaired) electrons. The van der Waals surface area contributed by atoms with Crippen LogP contribution in [0.1, 0.15) is 36.2 Å². The van der Waals surface area contributed by atoms with Crippen molar-refractivity contribution in [1.29, 1.82) is 0 Å². The summed E-state index contributed by atoms with van der Waals surface area (Å²) in [6, 6.07) is 0. The lowest BCUT2D eigenvalue weighted by Crippen LogP contribution is -2.44. The summed E-state index contributed by atoms with van der Waals surface area (Å²) in [5.74, 6) is 0.585. The molecule has 25 heavy (non-hydrogen) atoms. The van der Waals surface area contributed by atoms with E-state index in [4.69, 9.17) is 9.47 Å². The van der Waals surface area contributed by atoms with Crippen LogP contribution >= 0.6 is 0 Å². The SMILES string of the molecule is COCCN1CCC(CN(C[C@H]2CCCO2)C(=O)c2cnc[nH]2)CC1. The Labute approximate surface area is 149 Å². The van der Waals surface area contributed by atoms with E-state index in [1.807, 2.05) is 4.90 Å². The van der Waals surface area contributed by atoms with E-state index in [1.54, 1.807) is 19.6 Å². The number of aromatic nitrogens is 2. The number of hydrogen-bond acceptors (Lipinski definition) is 5. The van der Waals surface area contributed by atoms with Crippen LogP contribution in [0.15, 0.2) is 12.5 Å². The smallest absolute Gasteiger partial charge is 0.272 e. The third-order valence-corrected chi connectivity index (χ3v) is 5.26. The van der Waals surface area contributed by atoms with Gasteiger partial charge in [0.05, 0.1) is 25.2 Å². The molecular formula is C18H30N4O3. The molecule has 1 atom stereocenters. The fourth-order valence-electron chi connectivity index (χ4n) is 3.74. The molecule has 0 aromatic carbocycles. The normalized spacial score (nSPS) is 22.4. The fourth-order valence-corrected chi connectivity index (χ4v) is 3.74. The summed E-state index contributed by atoms with van der Waals surface area (Å²) in [6.45, 7) is 6.25. The van der Waals surface area contributed by atoms with Crippen LogP contribution in [0, 0.1) is 5.92 Å². The van der Waals surface area contributed by atoms with E-state index in [0.717, 1.165) is 65.1 Å². The molecule has 0 saturated carbocycles. The van der Waals surface area contributed by atoms with Crippen LogP contribution in [-0.4, -0.2) is 84.8 Å². The quantitative estimate of drug-likeness (QED) is 0.767. The summed E-state index contributed by atoms with van der Waals surface area (Å²) in [5, 5.41) is 0. The molecule has 0 spiro atoms. The number of hydrogen-bond donors (Lipinski definition) is 1. The summed E-state index contributed by atoms with van der Waals surface area (Å²) in [6.07, 6.45) is 7.74. The number of rotatable bonds is 8. The third-order valence-electron chi connectivity index (χ3n) is 5.26. The number of carbonyl (C=O) groups excluding carboxylic acids is 1. The Morgan fingerprint density at radius 3 is 2.88 bits per heavy atom. The number of ether oxygens (including phenoxy) is 2. The molecule has 3 heterocycles. The number of imidazole rings is 1. The molecule has 7 nitrogen and oxygen atoms in total. The van der Waals surface area contributed by atoms with Crippen molar-refractivity contribution in [2.75, 3.05) is 53.0 Å². The van der Waals surface area contributed by atoms with Crippen molar-refractivity contribution < 1.29 is 14.3 Å². The summed E-state index contributed by atoms with van der Waals surface area (Å²) < 4.78 is 10.9. The molecule has 1 amide bonds. The Balaban J connectivity index is 1.55. The van der Waals surface area contributed by atoms with Gasteiger partial charge in [-0.15, -0.1) is 0 Å². The van der Waals surface area contributed by atoms with Gasteiger partial charge in [0.25, 0.3) is 5.91 Å². The molecule has 2 saturated heterocycles. The second-order valence-electron chi connectivity index (χ2n) is 7.09. The van der Waals surface area contributed by atoms with Crippen molar-refractivity contribution in [3.8, 4) is 0 Å². The average molecular weight is 350 g/mol. The maximum Gasteiger partial charge on any atom is 0.272 e. The molecular weight excluding hydrogens is 320 g/mol. The van der Waals surface area contributed by atoms with E-state index in [-0.39, 0.29) is 12.0 Å². The van der Waals surface area contributed by atoms with Crippen LogP contribution in [0.4, 0.5) is 0 Å². The van der Waals surface area contributed by atoms with Gasteiger partial charge in [-0.3, -0.25) is 4.79 Å². The largest absolute Gasteiger partial charge is 0.383 e. The van der Waals surface area contributed by atoms with Crippen molar-refractivity contribution in [2.24, 2.45) is 5.92 Å². The van der Waals surface area contributed by atoms with E-state index >= 15 is 0 Å². The zero-order chi connectivity index (χ0) is 17.5. The minimum atomic E-state index is 0.0369. The summed E-state index contributed by atoms with van der Waals surface area (Å²) in [7, 11) is 1.75. The Morgan fingerprint density at radius 2 is 2.24 bits per heavy atom. The van der Waals surface area contributed by atoms with Gasteiger partial charge in [0.1, 0.15) is 5.69 Å². The molecule has 0 bridgehead atoms. The highest BCUT2D eigenvalue weighted by molar-refractivity contribution is 5.92. The fraction of sp³-hybridized carbons (Fsp3) is 0.778. The van der Waals surface area contributed by atoms with Crippen LogP contribution in [0.3, 0.4) is 0 Å². The first-order chi connectivity index (χ1) is 12.3. The monoisotopic (exact) mass is 350 g/mol. The van der Waals surface area contributed by atoms with Crippen molar-refractivity contribution in [3.05, 3.63) is 18.2 Å². The van der Waals surface area contributed by atoms with Gasteiger partial charge in [-0.1, -0.05) is 0 Å². The van der Waals surface area contributed by atoms with Crippen LogP contribution in [0.2, 0.25) is 0 Å². The first kappa shape index (κ1) is 18.4. The van der Waals surface area contributed by atoms with Gasteiger partial charge in [0, 0.05) is 33.4 Å². The number of nitrogens with zero attached hydrogens (tertiary/aromatic N) is 3. The van der Waals surface area contributed by atoms with E-state index in [9.17, 15) is 4.79 Å². The van der Waals surface area contributed by atoms with Gasteiger partial charge in [0.15, 0.2) is 0 Å². The highest BCUT2D eigenvalue weighted by Crippen LogP contribution is 2.21. The number of nitrogens with one attached hydrogen (secondary N) is 1. The lowest BCUT2D eigenvalue weighted by atomic mass is 9.96. The second-order valence-corrected chi connectivity index (χ2v) is 7.09. The molecule has 1 N–H and O–H groups in total. The van der Waals surface area contributed by atoms with Gasteiger partial charge < -0.3 is 24.3 Å². The maximum atomic E-state index is 12.8. The van der Waals surface area contributed by atoms with Crippen LogP contribution in [-0.2, 0) is 9.47 Å². The number of likely N-dealkylation sites (tertiary alicyclic amines) is 1. The van der Waals surface area contributed by atoms with Crippen molar-refractivity contribution in [1.82, 2.24) is 19.8 Å². The molecule has 2 fully saturated rings. The predicted molar refractivity (Wildman–Crippen MR) is 94.5 cm³/mol. The Hall–Kier alpha value is -1.44. The summed E-state index contributed by atoms with van der Waals surface area (Å²) in [4.78, 5) is 24.2. The lowest BCUT2D eigenvalue weighted by Gasteiger charge is -2.35. The molecule has 2 aliphatic rings. The predicted octanol–water partition coefficient (Wildman–Crippen LogP) is 1.39. The minimum Gasteiger partial charge on any atom is -0.383 e. The van der Waals surface area contributed by atoms with Crippen molar-refractivity contribution >= 4 is 5.91 Å². The Kier molecular flexibility index (Phi) is 6.84. The van der Waals surface area contributed by atoms with E-state index in [0.29, 0.717) is 18.2 Å². The van der Waals surface area contributed by atoms with Gasteiger partial charge >= 0.3 is 0 Å². The second kappa shape index (κ2) is 9.31. The molecule has 3 rings (SSSR count). The molecule has 7 heteroatoms. The standard InChI is InChI=1S/C18H30N4O3/c1-24-10-8-21-6-4-15(5-7-21)12-22(13-16-3-2-9-25-16)18(23)17-11-19-14-20-17/h11,14-16H,2-10,12-13H2,1H3,(H,19,20)/t16-/m1/s1. The number of methoxy groups -OCH3 is 1. The van der Waals surface area contributed by atoms with E-state index in [2.05, 4.69) is 14.9 Å². The summed E-state index contributed by atoms with van der Waals surface area (Å²) in [5.41, 5.74) is 0.565.